The molecule has 5 rings (SSSR count). The molecular weight excluding hydrogens is 564 g/mol. The fourth-order valence-electron chi connectivity index (χ4n) is 4.80. The predicted molar refractivity (Wildman–Crippen MR) is 162 cm³/mol. The van der Waals surface area contributed by atoms with E-state index >= 15 is 0 Å². The number of carboxylic acids is 1. The highest BCUT2D eigenvalue weighted by atomic mass is 16.5. The highest BCUT2D eigenvalue weighted by molar-refractivity contribution is 5.93. The first-order valence-electron chi connectivity index (χ1n) is 14.5. The van der Waals surface area contributed by atoms with Crippen LogP contribution in [0.2, 0.25) is 0 Å². The van der Waals surface area contributed by atoms with E-state index in [1.54, 1.807) is 24.3 Å². The number of amides is 4. The second-order valence-corrected chi connectivity index (χ2v) is 10.5. The van der Waals surface area contributed by atoms with E-state index in [0.29, 0.717) is 24.2 Å². The van der Waals surface area contributed by atoms with Crippen LogP contribution < -0.4 is 26.0 Å². The number of aliphatic carboxylic acids is 1. The first kappa shape index (κ1) is 31.7. The first-order valence-corrected chi connectivity index (χ1v) is 14.5. The Hall–Kier alpha value is -5.19. The summed E-state index contributed by atoms with van der Waals surface area (Å²) >= 11 is 0. The minimum absolute atomic E-state index is 0.0135. The molecule has 2 aliphatic heterocycles. The largest absolute Gasteiger partial charge is 0.484 e. The van der Waals surface area contributed by atoms with Gasteiger partial charge in [-0.05, 0) is 54.5 Å². The van der Waals surface area contributed by atoms with Crippen LogP contribution in [-0.2, 0) is 43.2 Å². The number of ether oxygens (including phenoxy) is 1. The van der Waals surface area contributed by atoms with Crippen LogP contribution in [0.15, 0.2) is 84.9 Å². The van der Waals surface area contributed by atoms with Crippen LogP contribution in [0.1, 0.15) is 29.5 Å². The summed E-state index contributed by atoms with van der Waals surface area (Å²) in [4.78, 5) is 64.2. The number of carbonyl (C=O) groups is 5. The van der Waals surface area contributed by atoms with E-state index in [1.165, 1.54) is 0 Å². The van der Waals surface area contributed by atoms with Gasteiger partial charge < -0.3 is 31.1 Å². The fraction of sp³-hybridized carbons (Fsp3) is 0.303. The fourth-order valence-corrected chi connectivity index (χ4v) is 4.80. The van der Waals surface area contributed by atoms with E-state index in [4.69, 9.17) is 4.74 Å². The molecule has 0 spiro atoms. The van der Waals surface area contributed by atoms with Crippen molar-refractivity contribution < 1.29 is 33.8 Å². The van der Waals surface area contributed by atoms with Crippen molar-refractivity contribution in [2.75, 3.05) is 13.2 Å². The Kier molecular flexibility index (Phi) is 11.5. The lowest BCUT2D eigenvalue weighted by Gasteiger charge is -2.22. The van der Waals surface area contributed by atoms with E-state index < -0.39 is 54.3 Å². The molecule has 0 saturated carbocycles. The molecule has 3 aromatic rings. The van der Waals surface area contributed by atoms with Crippen LogP contribution in [0.3, 0.4) is 0 Å². The van der Waals surface area contributed by atoms with Gasteiger partial charge in [-0.15, -0.1) is 0 Å². The van der Waals surface area contributed by atoms with Crippen molar-refractivity contribution in [3.8, 4) is 5.75 Å². The van der Waals surface area contributed by atoms with Gasteiger partial charge in [-0.25, -0.2) is 4.79 Å². The molecule has 5 N–H and O–H groups in total. The van der Waals surface area contributed by atoms with Crippen molar-refractivity contribution >= 4 is 29.6 Å². The molecule has 0 aliphatic carbocycles. The van der Waals surface area contributed by atoms with E-state index in [0.717, 1.165) is 11.1 Å². The maximum Gasteiger partial charge on any atom is 0.326 e. The zero-order valence-electron chi connectivity index (χ0n) is 24.2. The topological polar surface area (TPSA) is 163 Å². The predicted octanol–water partition coefficient (Wildman–Crippen LogP) is 1.54. The monoisotopic (exact) mass is 600 g/mol. The van der Waals surface area contributed by atoms with Crippen molar-refractivity contribution in [3.05, 3.63) is 102 Å². The molecular formula is C33H36N4O7. The standard InChI is InChI=1S/C33H36N4O7/c38-29-20-34-31(40)26(17-13-22-7-3-1-4-8-22)36-30(39)21-44-25-15-11-24(12-16-25)19-28(33(42)43)37-32(41)27(35-29)18-14-23-9-5-2-6-10-23/h1-12,15-16,26-28H,13-14,17-21H2,(H,34,40)(H,35,38)(H,36,39)(H,37,41)(H,42,43)/t26-,27-,28+/m1/s1. The van der Waals surface area contributed by atoms with Gasteiger partial charge in [0.25, 0.3) is 5.91 Å². The van der Waals surface area contributed by atoms with E-state index in [-0.39, 0.29) is 25.9 Å². The lowest BCUT2D eigenvalue weighted by Crippen LogP contribution is -2.54. The second-order valence-electron chi connectivity index (χ2n) is 10.5. The molecule has 2 aliphatic rings. The molecule has 11 nitrogen and oxygen atoms in total. The van der Waals surface area contributed by atoms with Gasteiger partial charge >= 0.3 is 5.97 Å². The quantitative estimate of drug-likeness (QED) is 0.257. The zero-order valence-corrected chi connectivity index (χ0v) is 24.2. The molecule has 0 unspecified atom stereocenters. The smallest absolute Gasteiger partial charge is 0.326 e. The van der Waals surface area contributed by atoms with Crippen LogP contribution in [0.5, 0.6) is 5.75 Å². The summed E-state index contributed by atoms with van der Waals surface area (Å²) in [5, 5.41) is 20.3. The van der Waals surface area contributed by atoms with Gasteiger partial charge in [0.05, 0.1) is 6.54 Å². The Morgan fingerprint density at radius 2 is 1.25 bits per heavy atom. The molecule has 3 atom stereocenters. The third kappa shape index (κ3) is 9.97. The molecule has 0 aromatic heterocycles. The van der Waals surface area contributed by atoms with Gasteiger partial charge in [0.15, 0.2) is 6.61 Å². The highest BCUT2D eigenvalue weighted by Gasteiger charge is 2.28. The van der Waals surface area contributed by atoms with Gasteiger partial charge in [-0.1, -0.05) is 72.8 Å². The SMILES string of the molecule is O=C1COc2ccc(cc2)C[C@@H](C(=O)O)NC(=O)[C@@H](CCc2ccccc2)NC(=O)CNC(=O)[C@@H](CCc2ccccc2)N1. The Morgan fingerprint density at radius 1 is 0.705 bits per heavy atom. The number of carbonyl (C=O) groups excluding carboxylic acids is 4. The van der Waals surface area contributed by atoms with E-state index in [9.17, 15) is 29.1 Å². The maximum atomic E-state index is 13.3. The van der Waals surface area contributed by atoms with Crippen molar-refractivity contribution in [3.63, 3.8) is 0 Å². The summed E-state index contributed by atoms with van der Waals surface area (Å²) in [5.74, 6) is -3.24. The first-order chi connectivity index (χ1) is 21.3. The highest BCUT2D eigenvalue weighted by Crippen LogP contribution is 2.15. The summed E-state index contributed by atoms with van der Waals surface area (Å²) in [6.45, 7) is -0.805. The lowest BCUT2D eigenvalue weighted by molar-refractivity contribution is -0.142. The van der Waals surface area contributed by atoms with Gasteiger partial charge in [-0.3, -0.25) is 19.2 Å². The Bertz CT molecular complexity index is 1430. The maximum absolute atomic E-state index is 13.3. The van der Waals surface area contributed by atoms with Crippen LogP contribution in [0.25, 0.3) is 0 Å². The Morgan fingerprint density at radius 3 is 1.82 bits per heavy atom. The van der Waals surface area contributed by atoms with Crippen LogP contribution >= 0.6 is 0 Å². The Balaban J connectivity index is 1.54. The summed E-state index contributed by atoms with van der Waals surface area (Å²) in [5.41, 5.74) is 2.53. The molecule has 0 saturated heterocycles. The number of carboxylic acid groups (broad SMARTS) is 1. The summed E-state index contributed by atoms with van der Waals surface area (Å²) < 4.78 is 5.57. The number of aryl methyl sites for hydroxylation is 2. The minimum atomic E-state index is -1.26. The van der Waals surface area contributed by atoms with E-state index in [2.05, 4.69) is 21.3 Å². The average molecular weight is 601 g/mol. The van der Waals surface area contributed by atoms with Gasteiger partial charge in [0.1, 0.15) is 23.9 Å². The minimum Gasteiger partial charge on any atom is -0.484 e. The number of fused-ring (bicyclic) bond motifs is 16. The number of nitrogens with one attached hydrogen (secondary N) is 4. The van der Waals surface area contributed by atoms with Gasteiger partial charge in [0, 0.05) is 6.42 Å². The molecule has 0 radical (unpaired) electrons. The van der Waals surface area contributed by atoms with Crippen molar-refractivity contribution in [1.82, 2.24) is 21.3 Å². The molecule has 4 amide bonds. The zero-order chi connectivity index (χ0) is 31.3. The molecule has 2 bridgehead atoms. The Labute approximate surface area is 255 Å². The average Bonchev–Trinajstić information content (AvgIpc) is 3.03. The van der Waals surface area contributed by atoms with Gasteiger partial charge in [0.2, 0.25) is 17.7 Å². The van der Waals surface area contributed by atoms with E-state index in [1.807, 2.05) is 60.7 Å². The number of hydrogen-bond acceptors (Lipinski definition) is 6. The summed E-state index contributed by atoms with van der Waals surface area (Å²) in [6, 6.07) is 22.1. The van der Waals surface area contributed by atoms with Crippen molar-refractivity contribution in [2.45, 2.75) is 50.2 Å². The van der Waals surface area contributed by atoms with Crippen LogP contribution in [-0.4, -0.2) is 66.0 Å². The summed E-state index contributed by atoms with van der Waals surface area (Å²) in [6.07, 6.45) is 1.40. The molecule has 11 heteroatoms. The molecule has 2 heterocycles. The van der Waals surface area contributed by atoms with Crippen LogP contribution in [0, 0.1) is 0 Å². The van der Waals surface area contributed by atoms with Crippen LogP contribution in [0.4, 0.5) is 0 Å². The number of rotatable bonds is 7. The number of hydrogen-bond donors (Lipinski definition) is 5. The molecule has 3 aromatic carbocycles. The molecule has 230 valence electrons. The number of benzene rings is 3. The molecule has 0 fully saturated rings. The second kappa shape index (κ2) is 15.9. The van der Waals surface area contributed by atoms with Crippen molar-refractivity contribution in [1.29, 1.82) is 0 Å². The molecule has 44 heavy (non-hydrogen) atoms. The third-order valence-electron chi connectivity index (χ3n) is 7.20. The summed E-state index contributed by atoms with van der Waals surface area (Å²) in [7, 11) is 0. The lowest BCUT2D eigenvalue weighted by atomic mass is 10.0. The van der Waals surface area contributed by atoms with Crippen molar-refractivity contribution in [2.24, 2.45) is 0 Å². The third-order valence-corrected chi connectivity index (χ3v) is 7.20. The van der Waals surface area contributed by atoms with Gasteiger partial charge in [-0.2, -0.15) is 0 Å². The normalized spacial score (nSPS) is 20.0.